The van der Waals surface area contributed by atoms with Crippen LogP contribution in [0.1, 0.15) is 37.8 Å². The fourth-order valence-electron chi connectivity index (χ4n) is 2.78. The number of sulfone groups is 1. The van der Waals surface area contributed by atoms with Gasteiger partial charge in [0, 0.05) is 5.56 Å². The van der Waals surface area contributed by atoms with Gasteiger partial charge in [-0.1, -0.05) is 13.8 Å². The van der Waals surface area contributed by atoms with Gasteiger partial charge in [-0.3, -0.25) is 0 Å². The Balaban J connectivity index is 2.09. The predicted molar refractivity (Wildman–Crippen MR) is 78.4 cm³/mol. The molecule has 3 N–H and O–H groups in total. The second kappa shape index (κ2) is 4.83. The van der Waals surface area contributed by atoms with Gasteiger partial charge < -0.3 is 5.73 Å². The van der Waals surface area contributed by atoms with Crippen molar-refractivity contribution < 1.29 is 8.42 Å². The van der Waals surface area contributed by atoms with Crippen LogP contribution in [0, 0.1) is 0 Å². The number of rotatable bonds is 3. The SMILES string of the molecule is CC(C)c1c(-c2cn[nH]n2)nn(C2CCS(=O)(=O)C2)c1N. The van der Waals surface area contributed by atoms with E-state index in [2.05, 4.69) is 20.5 Å². The molecule has 0 saturated carbocycles. The third-order valence-electron chi connectivity index (χ3n) is 3.77. The lowest BCUT2D eigenvalue weighted by molar-refractivity contribution is 0.507. The topological polar surface area (TPSA) is 120 Å². The minimum absolute atomic E-state index is 0.0919. The molecule has 3 rings (SSSR count). The van der Waals surface area contributed by atoms with Crippen LogP contribution in [-0.2, 0) is 9.84 Å². The average Bonchev–Trinajstić information content (AvgIpc) is 3.07. The van der Waals surface area contributed by atoms with Crippen molar-refractivity contribution in [1.82, 2.24) is 25.2 Å². The van der Waals surface area contributed by atoms with E-state index in [0.29, 0.717) is 23.6 Å². The standard InChI is InChI=1S/C12H18N6O2S/c1-7(2)10-11(9-5-14-17-15-9)16-18(12(10)13)8-3-4-21(19,20)6-8/h5,7-8H,3-4,6,13H2,1-2H3,(H,14,15,17). The molecule has 114 valence electrons. The molecular formula is C12H18N6O2S. The van der Waals surface area contributed by atoms with Crippen molar-refractivity contribution in [3.8, 4) is 11.4 Å². The quantitative estimate of drug-likeness (QED) is 0.862. The molecule has 0 amide bonds. The van der Waals surface area contributed by atoms with Gasteiger partial charge in [0.05, 0.1) is 23.7 Å². The second-order valence-electron chi connectivity index (χ2n) is 5.66. The molecule has 1 saturated heterocycles. The molecule has 21 heavy (non-hydrogen) atoms. The smallest absolute Gasteiger partial charge is 0.152 e. The summed E-state index contributed by atoms with van der Waals surface area (Å²) in [5.74, 6) is 0.954. The van der Waals surface area contributed by atoms with Crippen molar-refractivity contribution in [2.45, 2.75) is 32.2 Å². The predicted octanol–water partition coefficient (Wildman–Crippen LogP) is 0.733. The van der Waals surface area contributed by atoms with Gasteiger partial charge in [-0.05, 0) is 12.3 Å². The Morgan fingerprint density at radius 3 is 2.76 bits per heavy atom. The minimum Gasteiger partial charge on any atom is -0.384 e. The van der Waals surface area contributed by atoms with E-state index in [1.807, 2.05) is 13.8 Å². The summed E-state index contributed by atoms with van der Waals surface area (Å²) in [5.41, 5.74) is 8.39. The number of hydrogen-bond acceptors (Lipinski definition) is 6. The van der Waals surface area contributed by atoms with Crippen LogP contribution in [0.15, 0.2) is 6.20 Å². The van der Waals surface area contributed by atoms with E-state index in [4.69, 9.17) is 5.73 Å². The Kier molecular flexibility index (Phi) is 3.23. The number of hydrogen-bond donors (Lipinski definition) is 2. The van der Waals surface area contributed by atoms with Crippen molar-refractivity contribution in [2.24, 2.45) is 0 Å². The van der Waals surface area contributed by atoms with Crippen LogP contribution in [0.25, 0.3) is 11.4 Å². The van der Waals surface area contributed by atoms with E-state index in [0.717, 1.165) is 5.56 Å². The van der Waals surface area contributed by atoms with Gasteiger partial charge in [-0.2, -0.15) is 20.5 Å². The zero-order valence-electron chi connectivity index (χ0n) is 11.9. The lowest BCUT2D eigenvalue weighted by Gasteiger charge is -2.11. The number of nitrogens with one attached hydrogen (secondary N) is 1. The Hall–Kier alpha value is -1.90. The monoisotopic (exact) mass is 310 g/mol. The van der Waals surface area contributed by atoms with Crippen LogP contribution < -0.4 is 5.73 Å². The van der Waals surface area contributed by atoms with Crippen molar-refractivity contribution in [3.63, 3.8) is 0 Å². The second-order valence-corrected chi connectivity index (χ2v) is 7.89. The van der Waals surface area contributed by atoms with Crippen LogP contribution in [-0.4, -0.2) is 45.1 Å². The Labute approximate surface area is 122 Å². The highest BCUT2D eigenvalue weighted by Gasteiger charge is 2.33. The van der Waals surface area contributed by atoms with E-state index in [9.17, 15) is 8.42 Å². The van der Waals surface area contributed by atoms with Gasteiger partial charge in [0.1, 0.15) is 17.2 Å². The van der Waals surface area contributed by atoms with Crippen molar-refractivity contribution in [3.05, 3.63) is 11.8 Å². The lowest BCUT2D eigenvalue weighted by Crippen LogP contribution is -2.15. The summed E-state index contributed by atoms with van der Waals surface area (Å²) in [5, 5.41) is 14.9. The third kappa shape index (κ3) is 2.41. The molecule has 1 aliphatic heterocycles. The van der Waals surface area contributed by atoms with Crippen LogP contribution in [0.3, 0.4) is 0 Å². The zero-order chi connectivity index (χ0) is 15.2. The molecule has 1 unspecified atom stereocenters. The number of nitrogen functional groups attached to an aromatic ring is 1. The summed E-state index contributed by atoms with van der Waals surface area (Å²) in [7, 11) is -2.99. The highest BCUT2D eigenvalue weighted by molar-refractivity contribution is 7.91. The van der Waals surface area contributed by atoms with Crippen LogP contribution in [0.4, 0.5) is 5.82 Å². The fraction of sp³-hybridized carbons (Fsp3) is 0.583. The van der Waals surface area contributed by atoms with Gasteiger partial charge in [-0.25, -0.2) is 13.1 Å². The van der Waals surface area contributed by atoms with Gasteiger partial charge in [0.2, 0.25) is 0 Å². The van der Waals surface area contributed by atoms with Crippen LogP contribution in [0.5, 0.6) is 0 Å². The van der Waals surface area contributed by atoms with Crippen LogP contribution >= 0.6 is 0 Å². The van der Waals surface area contributed by atoms with Gasteiger partial charge in [0.15, 0.2) is 9.84 Å². The van der Waals surface area contributed by atoms with E-state index in [1.54, 1.807) is 10.9 Å². The number of anilines is 1. The first kappa shape index (κ1) is 14.1. The maximum Gasteiger partial charge on any atom is 0.152 e. The molecule has 0 bridgehead atoms. The normalized spacial score (nSPS) is 21.2. The van der Waals surface area contributed by atoms with Gasteiger partial charge >= 0.3 is 0 Å². The molecule has 2 aromatic rings. The molecular weight excluding hydrogens is 292 g/mol. The number of H-pyrrole nitrogens is 1. The minimum atomic E-state index is -2.99. The molecule has 0 spiro atoms. The van der Waals surface area contributed by atoms with Crippen molar-refractivity contribution >= 4 is 15.7 Å². The molecule has 1 fully saturated rings. The van der Waals surface area contributed by atoms with E-state index >= 15 is 0 Å². The molecule has 0 aromatic carbocycles. The highest BCUT2D eigenvalue weighted by Crippen LogP contribution is 2.35. The first-order valence-corrected chi connectivity index (χ1v) is 8.65. The number of nitrogens with zero attached hydrogens (tertiary/aromatic N) is 4. The number of aromatic amines is 1. The summed E-state index contributed by atoms with van der Waals surface area (Å²) in [6.45, 7) is 4.04. The fourth-order valence-corrected chi connectivity index (χ4v) is 4.47. The molecule has 0 radical (unpaired) electrons. The summed E-state index contributed by atoms with van der Waals surface area (Å²) in [6, 6.07) is -0.201. The lowest BCUT2D eigenvalue weighted by atomic mass is 10.0. The van der Waals surface area contributed by atoms with Gasteiger partial charge in [-0.15, -0.1) is 0 Å². The Morgan fingerprint density at radius 2 is 2.24 bits per heavy atom. The first-order valence-electron chi connectivity index (χ1n) is 6.83. The average molecular weight is 310 g/mol. The zero-order valence-corrected chi connectivity index (χ0v) is 12.8. The van der Waals surface area contributed by atoms with Crippen molar-refractivity contribution in [2.75, 3.05) is 17.2 Å². The Bertz CT molecular complexity index is 747. The highest BCUT2D eigenvalue weighted by atomic mass is 32.2. The number of nitrogens with two attached hydrogens (primary N) is 1. The first-order chi connectivity index (χ1) is 9.89. The van der Waals surface area contributed by atoms with E-state index in [1.165, 1.54) is 0 Å². The maximum atomic E-state index is 11.7. The molecule has 0 aliphatic carbocycles. The number of aromatic nitrogens is 5. The Morgan fingerprint density at radius 1 is 1.48 bits per heavy atom. The third-order valence-corrected chi connectivity index (χ3v) is 5.53. The molecule has 1 aliphatic rings. The molecule has 9 heteroatoms. The molecule has 3 heterocycles. The molecule has 2 aromatic heterocycles. The van der Waals surface area contributed by atoms with Crippen LogP contribution in [0.2, 0.25) is 0 Å². The summed E-state index contributed by atoms with van der Waals surface area (Å²) in [4.78, 5) is 0. The molecule has 8 nitrogen and oxygen atoms in total. The summed E-state index contributed by atoms with van der Waals surface area (Å²) < 4.78 is 25.0. The van der Waals surface area contributed by atoms with E-state index in [-0.39, 0.29) is 23.5 Å². The van der Waals surface area contributed by atoms with Crippen molar-refractivity contribution in [1.29, 1.82) is 0 Å². The maximum absolute atomic E-state index is 11.7. The summed E-state index contributed by atoms with van der Waals surface area (Å²) in [6.07, 6.45) is 2.13. The molecule has 1 atom stereocenters. The van der Waals surface area contributed by atoms with Gasteiger partial charge in [0.25, 0.3) is 0 Å². The summed E-state index contributed by atoms with van der Waals surface area (Å²) >= 11 is 0. The largest absolute Gasteiger partial charge is 0.384 e. The van der Waals surface area contributed by atoms with E-state index < -0.39 is 9.84 Å².